The van der Waals surface area contributed by atoms with Gasteiger partial charge in [-0.15, -0.1) is 0 Å². The van der Waals surface area contributed by atoms with Crippen LogP contribution in [0.1, 0.15) is 5.56 Å². The van der Waals surface area contributed by atoms with E-state index < -0.39 is 7.25 Å². The van der Waals surface area contributed by atoms with Gasteiger partial charge in [-0.05, 0) is 6.07 Å². The quantitative estimate of drug-likeness (QED) is 0.391. The summed E-state index contributed by atoms with van der Waals surface area (Å²) in [5, 5.41) is 8.45. The maximum Gasteiger partial charge on any atom is 0.673 e. The van der Waals surface area contributed by atoms with Crippen molar-refractivity contribution >= 4 is 12.9 Å². The largest absolute Gasteiger partial charge is 0.673 e. The molecule has 0 aromatic heterocycles. The van der Waals surface area contributed by atoms with Gasteiger partial charge in [0.05, 0.1) is 6.61 Å². The van der Waals surface area contributed by atoms with E-state index in [9.17, 15) is 17.3 Å². The van der Waals surface area contributed by atoms with Crippen molar-refractivity contribution in [1.29, 1.82) is 5.39 Å². The molecule has 1 aromatic carbocycles. The van der Waals surface area contributed by atoms with E-state index in [-0.39, 0.29) is 0 Å². The second kappa shape index (κ2) is 4.83. The third kappa shape index (κ3) is 4.17. The highest BCUT2D eigenvalue weighted by Gasteiger charge is 2.20. The van der Waals surface area contributed by atoms with Crippen molar-refractivity contribution in [3.63, 3.8) is 0 Å². The lowest BCUT2D eigenvalue weighted by Crippen LogP contribution is -2.02. The van der Waals surface area contributed by atoms with E-state index in [1.807, 2.05) is 12.1 Å². The molecule has 0 N–H and O–H groups in total. The average Bonchev–Trinajstić information content (AvgIpc) is 2.61. The molecular formula is C8H7BF4N2O. The van der Waals surface area contributed by atoms with Crippen LogP contribution in [0.3, 0.4) is 0 Å². The van der Waals surface area contributed by atoms with Crippen LogP contribution in [0.25, 0.3) is 4.98 Å². The third-order valence-electron chi connectivity index (χ3n) is 1.79. The summed E-state index contributed by atoms with van der Waals surface area (Å²) < 4.78 is 44.3. The first-order chi connectivity index (χ1) is 7.40. The van der Waals surface area contributed by atoms with Gasteiger partial charge in [-0.2, -0.15) is 0 Å². The van der Waals surface area contributed by atoms with E-state index in [1.54, 1.807) is 6.07 Å². The van der Waals surface area contributed by atoms with E-state index in [0.29, 0.717) is 5.69 Å². The summed E-state index contributed by atoms with van der Waals surface area (Å²) in [5.41, 5.74) is 1.72. The van der Waals surface area contributed by atoms with Gasteiger partial charge in [-0.3, -0.25) is 0 Å². The molecule has 2 rings (SSSR count). The topological polar surface area (TPSA) is 37.4 Å². The SMILES string of the molecule is F[B-](F)(F)F.N#[N+]c1ccc2c(c1)CCO2. The molecule has 1 aliphatic rings. The normalized spacial score (nSPS) is 12.9. The van der Waals surface area contributed by atoms with E-state index in [4.69, 9.17) is 10.1 Å². The van der Waals surface area contributed by atoms with Crippen LogP contribution in [0.15, 0.2) is 18.2 Å². The highest BCUT2D eigenvalue weighted by atomic mass is 19.5. The van der Waals surface area contributed by atoms with Crippen molar-refractivity contribution in [2.24, 2.45) is 0 Å². The van der Waals surface area contributed by atoms with Crippen LogP contribution in [0.4, 0.5) is 23.0 Å². The Labute approximate surface area is 88.8 Å². The molecule has 0 aliphatic carbocycles. The summed E-state index contributed by atoms with van der Waals surface area (Å²) in [4.78, 5) is 3.09. The van der Waals surface area contributed by atoms with Crippen molar-refractivity contribution in [3.8, 4) is 5.75 Å². The number of fused-ring (bicyclic) bond motifs is 1. The molecule has 16 heavy (non-hydrogen) atoms. The first kappa shape index (κ1) is 12.3. The van der Waals surface area contributed by atoms with Gasteiger partial charge in [-0.25, -0.2) is 0 Å². The van der Waals surface area contributed by atoms with Crippen molar-refractivity contribution in [2.45, 2.75) is 6.42 Å². The van der Waals surface area contributed by atoms with Crippen molar-refractivity contribution in [1.82, 2.24) is 0 Å². The molecule has 3 nitrogen and oxygen atoms in total. The standard InChI is InChI=1S/C8H7N2O.BF4/c9-10-7-1-2-8-6(5-7)3-4-11-8;2-1(3,4)5/h1-2,5H,3-4H2;/q+1;-1. The van der Waals surface area contributed by atoms with Crippen molar-refractivity contribution in [2.75, 3.05) is 6.61 Å². The number of rotatable bonds is 0. The fraction of sp³-hybridized carbons (Fsp3) is 0.250. The fourth-order valence-electron chi connectivity index (χ4n) is 1.24. The van der Waals surface area contributed by atoms with Crippen LogP contribution < -0.4 is 4.74 Å². The summed E-state index contributed by atoms with van der Waals surface area (Å²) in [5.74, 6) is 0.914. The van der Waals surface area contributed by atoms with Crippen LogP contribution in [0.5, 0.6) is 5.75 Å². The average molecular weight is 234 g/mol. The Balaban J connectivity index is 0.000000221. The van der Waals surface area contributed by atoms with Gasteiger partial charge >= 0.3 is 12.9 Å². The smallest absolute Gasteiger partial charge is 0.493 e. The van der Waals surface area contributed by atoms with E-state index in [2.05, 4.69) is 4.98 Å². The minimum absolute atomic E-state index is 0.592. The Kier molecular flexibility index (Phi) is 3.71. The number of benzene rings is 1. The monoisotopic (exact) mass is 234 g/mol. The molecule has 0 saturated carbocycles. The zero-order chi connectivity index (χ0) is 12.2. The molecular weight excluding hydrogens is 227 g/mol. The van der Waals surface area contributed by atoms with Gasteiger partial charge in [0.15, 0.2) is 4.98 Å². The highest BCUT2D eigenvalue weighted by Crippen LogP contribution is 2.28. The minimum Gasteiger partial charge on any atom is -0.493 e. The molecule has 1 heterocycles. The number of hydrogen-bond acceptors (Lipinski definition) is 2. The molecule has 86 valence electrons. The van der Waals surface area contributed by atoms with Gasteiger partial charge < -0.3 is 22.0 Å². The molecule has 8 heteroatoms. The maximum atomic E-state index is 9.75. The third-order valence-corrected chi connectivity index (χ3v) is 1.79. The van der Waals surface area contributed by atoms with Gasteiger partial charge in [0, 0.05) is 24.1 Å². The first-order valence-corrected chi connectivity index (χ1v) is 4.38. The number of ether oxygens (including phenoxy) is 1. The van der Waals surface area contributed by atoms with Gasteiger partial charge in [0.2, 0.25) is 5.39 Å². The summed E-state index contributed by atoms with van der Waals surface area (Å²) in [6.07, 6.45) is 0.915. The first-order valence-electron chi connectivity index (χ1n) is 4.38. The molecule has 0 fully saturated rings. The van der Waals surface area contributed by atoms with E-state index >= 15 is 0 Å². The van der Waals surface area contributed by atoms with Crippen LogP contribution in [-0.4, -0.2) is 13.9 Å². The zero-order valence-corrected chi connectivity index (χ0v) is 8.04. The molecule has 0 unspecified atom stereocenters. The number of diazo groups is 1. The number of hydrogen-bond donors (Lipinski definition) is 0. The maximum absolute atomic E-state index is 9.75. The molecule has 0 saturated heterocycles. The van der Waals surface area contributed by atoms with E-state index in [0.717, 1.165) is 24.3 Å². The minimum atomic E-state index is -6.00. The van der Waals surface area contributed by atoms with Crippen molar-refractivity contribution in [3.05, 3.63) is 28.7 Å². The molecule has 1 aromatic rings. The van der Waals surface area contributed by atoms with Gasteiger partial charge in [-0.1, -0.05) is 0 Å². The molecule has 0 amide bonds. The lowest BCUT2D eigenvalue weighted by Gasteiger charge is -1.94. The lowest BCUT2D eigenvalue weighted by atomic mass is 10.1. The number of nitrogens with zero attached hydrogens (tertiary/aromatic N) is 2. The Bertz CT molecular complexity index is 409. The molecule has 0 spiro atoms. The summed E-state index contributed by atoms with van der Waals surface area (Å²) in [6, 6.07) is 5.39. The van der Waals surface area contributed by atoms with Crippen LogP contribution in [0, 0.1) is 5.39 Å². The Morgan fingerprint density at radius 2 is 1.88 bits per heavy atom. The predicted octanol–water partition coefficient (Wildman–Crippen LogP) is 3.41. The molecule has 0 radical (unpaired) electrons. The number of halogens is 4. The summed E-state index contributed by atoms with van der Waals surface area (Å²) in [7, 11) is -6.00. The summed E-state index contributed by atoms with van der Waals surface area (Å²) in [6.45, 7) is 0.740. The van der Waals surface area contributed by atoms with Crippen LogP contribution >= 0.6 is 0 Å². The van der Waals surface area contributed by atoms with Crippen molar-refractivity contribution < 1.29 is 22.0 Å². The summed E-state index contributed by atoms with van der Waals surface area (Å²) >= 11 is 0. The molecule has 1 aliphatic heterocycles. The Hall–Kier alpha value is -1.78. The second-order valence-electron chi connectivity index (χ2n) is 2.99. The van der Waals surface area contributed by atoms with Gasteiger partial charge in [0.1, 0.15) is 5.75 Å². The Morgan fingerprint density at radius 3 is 2.44 bits per heavy atom. The highest BCUT2D eigenvalue weighted by molar-refractivity contribution is 6.50. The second-order valence-corrected chi connectivity index (χ2v) is 2.99. The Morgan fingerprint density at radius 1 is 1.25 bits per heavy atom. The fourth-order valence-corrected chi connectivity index (χ4v) is 1.24. The van der Waals surface area contributed by atoms with Crippen LogP contribution in [-0.2, 0) is 6.42 Å². The zero-order valence-electron chi connectivity index (χ0n) is 8.04. The predicted molar refractivity (Wildman–Crippen MR) is 50.6 cm³/mol. The lowest BCUT2D eigenvalue weighted by molar-refractivity contribution is 0.357. The van der Waals surface area contributed by atoms with Gasteiger partial charge in [0.25, 0.3) is 0 Å². The van der Waals surface area contributed by atoms with E-state index in [1.165, 1.54) is 0 Å². The molecule has 0 bridgehead atoms. The molecule has 0 atom stereocenters. The van der Waals surface area contributed by atoms with Crippen LogP contribution in [0.2, 0.25) is 0 Å².